The van der Waals surface area contributed by atoms with Gasteiger partial charge in [0.2, 0.25) is 0 Å². The van der Waals surface area contributed by atoms with Crippen LogP contribution in [-0.2, 0) is 0 Å². The summed E-state index contributed by atoms with van der Waals surface area (Å²) < 4.78 is 1.27. The van der Waals surface area contributed by atoms with Crippen molar-refractivity contribution in [3.05, 3.63) is 101 Å². The van der Waals surface area contributed by atoms with E-state index < -0.39 is 0 Å². The second-order valence-corrected chi connectivity index (χ2v) is 6.36. The molecule has 1 nitrogen and oxygen atoms in total. The van der Waals surface area contributed by atoms with Gasteiger partial charge in [-0.1, -0.05) is 78.9 Å². The summed E-state index contributed by atoms with van der Waals surface area (Å²) in [6.07, 6.45) is 4.24. The summed E-state index contributed by atoms with van der Waals surface area (Å²) in [6.45, 7) is 2.08. The van der Waals surface area contributed by atoms with Crippen LogP contribution < -0.4 is 0 Å². The zero-order chi connectivity index (χ0) is 16.6. The van der Waals surface area contributed by atoms with E-state index >= 15 is 0 Å². The van der Waals surface area contributed by atoms with Crippen molar-refractivity contribution in [2.45, 2.75) is 6.92 Å². The summed E-state index contributed by atoms with van der Waals surface area (Å²) in [7, 11) is 0. The molecule has 0 fully saturated rings. The van der Waals surface area contributed by atoms with Crippen LogP contribution in [0.5, 0.6) is 0 Å². The van der Waals surface area contributed by atoms with Crippen LogP contribution in [0.25, 0.3) is 22.4 Å². The van der Waals surface area contributed by atoms with Crippen molar-refractivity contribution in [2.24, 2.45) is 0 Å². The number of benzene rings is 3. The molecular formula is C22H19NS. The fourth-order valence-corrected chi connectivity index (χ4v) is 2.95. The predicted molar refractivity (Wildman–Crippen MR) is 106 cm³/mol. The summed E-state index contributed by atoms with van der Waals surface area (Å²) >= 11 is 1.68. The minimum atomic E-state index is 1.12. The average molecular weight is 329 g/mol. The lowest BCUT2D eigenvalue weighted by Crippen LogP contribution is -1.70. The van der Waals surface area contributed by atoms with E-state index in [0.717, 1.165) is 5.52 Å². The molecule has 3 aromatic carbocycles. The van der Waals surface area contributed by atoms with E-state index in [-0.39, 0.29) is 0 Å². The highest BCUT2D eigenvalue weighted by Crippen LogP contribution is 2.17. The van der Waals surface area contributed by atoms with E-state index in [9.17, 15) is 0 Å². The lowest BCUT2D eigenvalue weighted by atomic mass is 10.1. The van der Waals surface area contributed by atoms with Gasteiger partial charge in [-0.2, -0.15) is 0 Å². The molecule has 1 heterocycles. The summed E-state index contributed by atoms with van der Waals surface area (Å²) in [5, 5.41) is 0. The second-order valence-electron chi connectivity index (χ2n) is 5.48. The van der Waals surface area contributed by atoms with Gasteiger partial charge in [0.05, 0.1) is 15.7 Å². The Balaban J connectivity index is 0.000000149. The molecule has 0 amide bonds. The van der Waals surface area contributed by atoms with Crippen molar-refractivity contribution in [2.75, 3.05) is 0 Å². The molecule has 0 atom stereocenters. The Morgan fingerprint density at radius 2 is 1.33 bits per heavy atom. The van der Waals surface area contributed by atoms with E-state index in [1.165, 1.54) is 21.4 Å². The SMILES string of the molecule is C(=Cc1ccccc1)c1ccccc1.Cc1ccc2scnc2c1. The summed E-state index contributed by atoms with van der Waals surface area (Å²) in [5.74, 6) is 0. The first-order valence-electron chi connectivity index (χ1n) is 7.89. The zero-order valence-electron chi connectivity index (χ0n) is 13.6. The van der Waals surface area contributed by atoms with Crippen LogP contribution >= 0.6 is 11.3 Å². The average Bonchev–Trinajstić information content (AvgIpc) is 3.10. The predicted octanol–water partition coefficient (Wildman–Crippen LogP) is 6.46. The van der Waals surface area contributed by atoms with E-state index in [1.807, 2.05) is 41.9 Å². The fraction of sp³-hybridized carbons (Fsp3) is 0.0455. The Morgan fingerprint density at radius 3 is 1.92 bits per heavy atom. The van der Waals surface area contributed by atoms with Gasteiger partial charge in [0.25, 0.3) is 0 Å². The number of hydrogen-bond acceptors (Lipinski definition) is 2. The van der Waals surface area contributed by atoms with Crippen molar-refractivity contribution in [1.29, 1.82) is 0 Å². The van der Waals surface area contributed by atoms with Crippen molar-refractivity contribution < 1.29 is 0 Å². The fourth-order valence-electron chi connectivity index (χ4n) is 2.29. The smallest absolute Gasteiger partial charge is 0.0814 e. The zero-order valence-corrected chi connectivity index (χ0v) is 14.4. The van der Waals surface area contributed by atoms with Gasteiger partial charge < -0.3 is 0 Å². The maximum atomic E-state index is 4.20. The lowest BCUT2D eigenvalue weighted by Gasteiger charge is -1.92. The minimum Gasteiger partial charge on any atom is -0.245 e. The van der Waals surface area contributed by atoms with E-state index in [4.69, 9.17) is 0 Å². The Kier molecular flexibility index (Phi) is 5.54. The van der Waals surface area contributed by atoms with Crippen LogP contribution in [-0.4, -0.2) is 4.98 Å². The first kappa shape index (κ1) is 16.2. The first-order chi connectivity index (χ1) is 11.8. The highest BCUT2D eigenvalue weighted by Gasteiger charge is 1.93. The molecule has 0 aliphatic rings. The van der Waals surface area contributed by atoms with Crippen LogP contribution in [0, 0.1) is 6.92 Å². The number of thiazole rings is 1. The molecule has 24 heavy (non-hydrogen) atoms. The van der Waals surface area contributed by atoms with Gasteiger partial charge in [0.1, 0.15) is 0 Å². The molecule has 1 aromatic heterocycles. The Bertz CT molecular complexity index is 867. The molecule has 0 spiro atoms. The Labute approximate surface area is 146 Å². The largest absolute Gasteiger partial charge is 0.245 e. The molecule has 0 radical (unpaired) electrons. The molecule has 118 valence electrons. The number of nitrogens with zero attached hydrogens (tertiary/aromatic N) is 1. The molecule has 0 saturated carbocycles. The quantitative estimate of drug-likeness (QED) is 0.384. The Hall–Kier alpha value is -2.71. The van der Waals surface area contributed by atoms with Crippen molar-refractivity contribution in [1.82, 2.24) is 4.98 Å². The summed E-state index contributed by atoms with van der Waals surface area (Å²) in [6, 6.07) is 27.0. The number of aryl methyl sites for hydroxylation is 1. The number of fused-ring (bicyclic) bond motifs is 1. The lowest BCUT2D eigenvalue weighted by molar-refractivity contribution is 1.45. The van der Waals surface area contributed by atoms with Gasteiger partial charge in [0, 0.05) is 0 Å². The molecule has 0 aliphatic carbocycles. The third-order valence-electron chi connectivity index (χ3n) is 3.55. The van der Waals surface area contributed by atoms with Gasteiger partial charge in [-0.05, 0) is 35.7 Å². The molecule has 0 bridgehead atoms. The van der Waals surface area contributed by atoms with Gasteiger partial charge in [-0.3, -0.25) is 0 Å². The number of rotatable bonds is 2. The molecule has 4 aromatic rings. The van der Waals surface area contributed by atoms with Gasteiger partial charge in [-0.15, -0.1) is 11.3 Å². The summed E-state index contributed by atoms with van der Waals surface area (Å²) in [4.78, 5) is 4.20. The van der Waals surface area contributed by atoms with Gasteiger partial charge in [0.15, 0.2) is 0 Å². The summed E-state index contributed by atoms with van der Waals surface area (Å²) in [5.41, 5.74) is 6.74. The highest BCUT2D eigenvalue weighted by molar-refractivity contribution is 7.16. The third kappa shape index (κ3) is 4.64. The minimum absolute atomic E-state index is 1.12. The van der Waals surface area contributed by atoms with E-state index in [0.29, 0.717) is 0 Å². The van der Waals surface area contributed by atoms with Crippen LogP contribution in [0.3, 0.4) is 0 Å². The van der Waals surface area contributed by atoms with E-state index in [2.05, 4.69) is 66.5 Å². The normalized spacial score (nSPS) is 10.5. The number of aromatic nitrogens is 1. The Morgan fingerprint density at radius 1 is 0.750 bits per heavy atom. The van der Waals surface area contributed by atoms with Crippen LogP contribution in [0.4, 0.5) is 0 Å². The van der Waals surface area contributed by atoms with Crippen molar-refractivity contribution in [3.8, 4) is 0 Å². The van der Waals surface area contributed by atoms with Crippen LogP contribution in [0.2, 0.25) is 0 Å². The third-order valence-corrected chi connectivity index (χ3v) is 4.36. The van der Waals surface area contributed by atoms with Crippen LogP contribution in [0.1, 0.15) is 16.7 Å². The molecular weight excluding hydrogens is 310 g/mol. The molecule has 0 N–H and O–H groups in total. The maximum Gasteiger partial charge on any atom is 0.0814 e. The monoisotopic (exact) mass is 329 g/mol. The van der Waals surface area contributed by atoms with Gasteiger partial charge in [-0.25, -0.2) is 4.98 Å². The first-order valence-corrected chi connectivity index (χ1v) is 8.77. The number of hydrogen-bond donors (Lipinski definition) is 0. The highest BCUT2D eigenvalue weighted by atomic mass is 32.1. The van der Waals surface area contributed by atoms with Gasteiger partial charge >= 0.3 is 0 Å². The molecule has 2 heteroatoms. The molecule has 0 unspecified atom stereocenters. The topological polar surface area (TPSA) is 12.9 Å². The van der Waals surface area contributed by atoms with Crippen LogP contribution in [0.15, 0.2) is 84.4 Å². The second kappa shape index (κ2) is 8.23. The molecule has 0 saturated heterocycles. The van der Waals surface area contributed by atoms with E-state index in [1.54, 1.807) is 11.3 Å². The maximum absolute atomic E-state index is 4.20. The van der Waals surface area contributed by atoms with Crippen molar-refractivity contribution in [3.63, 3.8) is 0 Å². The standard InChI is InChI=1S/C14H12.C8H7NS/c1-3-7-13(8-4-1)11-12-14-9-5-2-6-10-14;1-6-2-3-8-7(4-6)9-5-10-8/h1-12H;2-5H,1H3. The molecule has 0 aliphatic heterocycles. The molecule has 4 rings (SSSR count). The van der Waals surface area contributed by atoms with Crippen molar-refractivity contribution >= 4 is 33.7 Å².